The first-order valence-electron chi connectivity index (χ1n) is 7.92. The van der Waals surface area contributed by atoms with Crippen molar-refractivity contribution in [3.8, 4) is 0 Å². The van der Waals surface area contributed by atoms with Crippen molar-refractivity contribution in [2.75, 3.05) is 11.9 Å². The summed E-state index contributed by atoms with van der Waals surface area (Å²) >= 11 is 0. The average molecular weight is 272 g/mol. The number of hydrogen-bond donors (Lipinski definition) is 2. The second-order valence-electron chi connectivity index (χ2n) is 6.15. The normalized spacial score (nSPS) is 24.6. The first-order valence-corrected chi connectivity index (χ1v) is 7.92. The molecule has 1 aromatic carbocycles. The Balaban J connectivity index is 1.74. The Labute approximate surface area is 121 Å². The van der Waals surface area contributed by atoms with Gasteiger partial charge < -0.3 is 10.6 Å². The standard InChI is InChI=1S/C17H24N2O/c1-2-9-17(10-4-11-18-17)16(20)19-15-8-7-13-5-3-6-14(13)12-15/h7-8,12,18H,2-6,9-11H2,1H3,(H,19,20). The SMILES string of the molecule is CCCC1(C(=O)Nc2ccc3c(c2)CCC3)CCCN1. The van der Waals surface area contributed by atoms with Crippen molar-refractivity contribution >= 4 is 11.6 Å². The van der Waals surface area contributed by atoms with E-state index in [1.54, 1.807) is 0 Å². The Kier molecular flexibility index (Phi) is 3.79. The molecule has 3 heteroatoms. The Morgan fingerprint density at radius 1 is 1.30 bits per heavy atom. The highest BCUT2D eigenvalue weighted by molar-refractivity contribution is 5.98. The molecule has 0 spiro atoms. The molecule has 2 aliphatic rings. The molecule has 1 amide bonds. The van der Waals surface area contributed by atoms with Gasteiger partial charge in [-0.1, -0.05) is 19.4 Å². The molecule has 1 aliphatic heterocycles. The van der Waals surface area contributed by atoms with E-state index in [9.17, 15) is 4.79 Å². The summed E-state index contributed by atoms with van der Waals surface area (Å²) in [5.41, 5.74) is 3.48. The molecule has 1 atom stereocenters. The molecule has 20 heavy (non-hydrogen) atoms. The highest BCUT2D eigenvalue weighted by Gasteiger charge is 2.39. The van der Waals surface area contributed by atoms with Crippen LogP contribution in [-0.2, 0) is 17.6 Å². The molecule has 1 saturated heterocycles. The second kappa shape index (κ2) is 5.57. The van der Waals surface area contributed by atoms with E-state index in [1.807, 2.05) is 0 Å². The lowest BCUT2D eigenvalue weighted by Gasteiger charge is -2.28. The number of fused-ring (bicyclic) bond motifs is 1. The quantitative estimate of drug-likeness (QED) is 0.884. The first kappa shape index (κ1) is 13.6. The van der Waals surface area contributed by atoms with E-state index < -0.39 is 0 Å². The van der Waals surface area contributed by atoms with Crippen molar-refractivity contribution in [3.05, 3.63) is 29.3 Å². The van der Waals surface area contributed by atoms with Crippen molar-refractivity contribution in [3.63, 3.8) is 0 Å². The van der Waals surface area contributed by atoms with Crippen LogP contribution in [0.2, 0.25) is 0 Å². The summed E-state index contributed by atoms with van der Waals surface area (Å²) in [6, 6.07) is 6.39. The number of anilines is 1. The Hall–Kier alpha value is -1.35. The molecule has 3 nitrogen and oxygen atoms in total. The van der Waals surface area contributed by atoms with Crippen molar-refractivity contribution in [2.45, 2.75) is 57.4 Å². The van der Waals surface area contributed by atoms with E-state index in [-0.39, 0.29) is 11.4 Å². The van der Waals surface area contributed by atoms with Crippen molar-refractivity contribution in [1.82, 2.24) is 5.32 Å². The zero-order valence-corrected chi connectivity index (χ0v) is 12.3. The van der Waals surface area contributed by atoms with Gasteiger partial charge in [-0.05, 0) is 68.3 Å². The number of aryl methyl sites for hydroxylation is 2. The Morgan fingerprint density at radius 2 is 2.15 bits per heavy atom. The summed E-state index contributed by atoms with van der Waals surface area (Å²) in [7, 11) is 0. The molecule has 1 fully saturated rings. The summed E-state index contributed by atoms with van der Waals surface area (Å²) < 4.78 is 0. The molecule has 0 radical (unpaired) electrons. The Morgan fingerprint density at radius 3 is 2.90 bits per heavy atom. The number of carbonyl (C=O) groups is 1. The minimum absolute atomic E-state index is 0.148. The molecule has 1 heterocycles. The maximum atomic E-state index is 12.7. The van der Waals surface area contributed by atoms with Crippen LogP contribution in [0, 0.1) is 0 Å². The lowest BCUT2D eigenvalue weighted by molar-refractivity contribution is -0.122. The highest BCUT2D eigenvalue weighted by Crippen LogP contribution is 2.28. The summed E-state index contributed by atoms with van der Waals surface area (Å²) in [6.07, 6.45) is 7.58. The molecule has 3 rings (SSSR count). The van der Waals surface area contributed by atoms with Gasteiger partial charge in [-0.15, -0.1) is 0 Å². The van der Waals surface area contributed by atoms with Gasteiger partial charge in [-0.3, -0.25) is 4.79 Å². The van der Waals surface area contributed by atoms with Gasteiger partial charge >= 0.3 is 0 Å². The number of hydrogen-bond acceptors (Lipinski definition) is 2. The lowest BCUT2D eigenvalue weighted by Crippen LogP contribution is -2.50. The molecular formula is C17H24N2O. The maximum absolute atomic E-state index is 12.7. The van der Waals surface area contributed by atoms with E-state index in [1.165, 1.54) is 24.0 Å². The summed E-state index contributed by atoms with van der Waals surface area (Å²) in [5.74, 6) is 0.148. The van der Waals surface area contributed by atoms with Gasteiger partial charge in [0.1, 0.15) is 0 Å². The van der Waals surface area contributed by atoms with E-state index >= 15 is 0 Å². The molecular weight excluding hydrogens is 248 g/mol. The van der Waals surface area contributed by atoms with Crippen molar-refractivity contribution in [1.29, 1.82) is 0 Å². The van der Waals surface area contributed by atoms with Crippen LogP contribution in [0.4, 0.5) is 5.69 Å². The summed E-state index contributed by atoms with van der Waals surface area (Å²) in [4.78, 5) is 12.7. The number of amides is 1. The van der Waals surface area contributed by atoms with Crippen molar-refractivity contribution < 1.29 is 4.79 Å². The van der Waals surface area contributed by atoms with Gasteiger partial charge in [-0.2, -0.15) is 0 Å². The van der Waals surface area contributed by atoms with Gasteiger partial charge in [-0.25, -0.2) is 0 Å². The third kappa shape index (κ3) is 2.47. The number of rotatable bonds is 4. The molecule has 0 saturated carbocycles. The third-order valence-corrected chi connectivity index (χ3v) is 4.71. The predicted octanol–water partition coefficient (Wildman–Crippen LogP) is 3.04. The summed E-state index contributed by atoms with van der Waals surface area (Å²) in [6.45, 7) is 3.10. The zero-order chi connectivity index (χ0) is 14.0. The predicted molar refractivity (Wildman–Crippen MR) is 82.0 cm³/mol. The fraction of sp³-hybridized carbons (Fsp3) is 0.588. The minimum Gasteiger partial charge on any atom is -0.324 e. The Bertz CT molecular complexity index is 504. The van der Waals surface area contributed by atoms with E-state index in [2.05, 4.69) is 35.8 Å². The highest BCUT2D eigenvalue weighted by atomic mass is 16.2. The fourth-order valence-electron chi connectivity index (χ4n) is 3.65. The fourth-order valence-corrected chi connectivity index (χ4v) is 3.65. The van der Waals surface area contributed by atoms with Crippen LogP contribution in [0.5, 0.6) is 0 Å². The van der Waals surface area contributed by atoms with Gasteiger partial charge in [0.25, 0.3) is 0 Å². The topological polar surface area (TPSA) is 41.1 Å². The molecule has 108 valence electrons. The van der Waals surface area contributed by atoms with Crippen molar-refractivity contribution in [2.24, 2.45) is 0 Å². The van der Waals surface area contributed by atoms with E-state index in [0.717, 1.165) is 44.3 Å². The number of nitrogens with one attached hydrogen (secondary N) is 2. The van der Waals surface area contributed by atoms with Crippen LogP contribution in [-0.4, -0.2) is 18.0 Å². The molecule has 1 aliphatic carbocycles. The largest absolute Gasteiger partial charge is 0.324 e. The monoisotopic (exact) mass is 272 g/mol. The van der Waals surface area contributed by atoms with Crippen LogP contribution in [0.1, 0.15) is 50.2 Å². The van der Waals surface area contributed by atoms with E-state index in [0.29, 0.717) is 0 Å². The van der Waals surface area contributed by atoms with Gasteiger partial charge in [0.15, 0.2) is 0 Å². The maximum Gasteiger partial charge on any atom is 0.244 e. The summed E-state index contributed by atoms with van der Waals surface area (Å²) in [5, 5.41) is 6.57. The van der Waals surface area contributed by atoms with Crippen LogP contribution in [0.25, 0.3) is 0 Å². The van der Waals surface area contributed by atoms with E-state index in [4.69, 9.17) is 0 Å². The van der Waals surface area contributed by atoms with Gasteiger partial charge in [0, 0.05) is 5.69 Å². The van der Waals surface area contributed by atoms with Crippen LogP contribution in [0.15, 0.2) is 18.2 Å². The minimum atomic E-state index is -0.340. The average Bonchev–Trinajstić information content (AvgIpc) is 3.08. The molecule has 2 N–H and O–H groups in total. The lowest BCUT2D eigenvalue weighted by atomic mass is 9.90. The third-order valence-electron chi connectivity index (χ3n) is 4.71. The number of carbonyl (C=O) groups excluding carboxylic acids is 1. The molecule has 0 bridgehead atoms. The van der Waals surface area contributed by atoms with Crippen LogP contribution < -0.4 is 10.6 Å². The molecule has 1 aromatic rings. The molecule has 1 unspecified atom stereocenters. The first-order chi connectivity index (χ1) is 9.73. The molecule has 0 aromatic heterocycles. The number of benzene rings is 1. The smallest absolute Gasteiger partial charge is 0.244 e. The van der Waals surface area contributed by atoms with Crippen LogP contribution in [0.3, 0.4) is 0 Å². The van der Waals surface area contributed by atoms with Crippen LogP contribution >= 0.6 is 0 Å². The van der Waals surface area contributed by atoms with Gasteiger partial charge in [0.2, 0.25) is 5.91 Å². The van der Waals surface area contributed by atoms with Gasteiger partial charge in [0.05, 0.1) is 5.54 Å². The zero-order valence-electron chi connectivity index (χ0n) is 12.3. The second-order valence-corrected chi connectivity index (χ2v) is 6.15.